The van der Waals surface area contributed by atoms with Crippen LogP contribution in [0, 0.1) is 0 Å². The van der Waals surface area contributed by atoms with Crippen LogP contribution in [0.5, 0.6) is 0 Å². The van der Waals surface area contributed by atoms with Gasteiger partial charge in [0.1, 0.15) is 6.61 Å². The number of unbranched alkanes of at least 4 members (excludes halogenated alkanes) is 21. The lowest BCUT2D eigenvalue weighted by molar-refractivity contribution is -0.145. The molecule has 0 aliphatic heterocycles. The normalized spacial score (nSPS) is 11.5. The number of carbonyl (C=O) groups is 1. The average Bonchev–Trinajstić information content (AvgIpc) is 3.14. The minimum absolute atomic E-state index is 0.123. The van der Waals surface area contributed by atoms with E-state index >= 15 is 0 Å². The zero-order valence-electron chi connectivity index (χ0n) is 33.8. The lowest BCUT2D eigenvalue weighted by Crippen LogP contribution is -2.15. The van der Waals surface area contributed by atoms with E-state index in [1.807, 2.05) is 0 Å². The van der Waals surface area contributed by atoms with Crippen LogP contribution in [-0.4, -0.2) is 105 Å². The van der Waals surface area contributed by atoms with Crippen molar-refractivity contribution in [3.8, 4) is 0 Å². The fourth-order valence-corrected chi connectivity index (χ4v) is 5.69. The van der Waals surface area contributed by atoms with Gasteiger partial charge in [-0.05, 0) is 12.8 Å². The summed E-state index contributed by atoms with van der Waals surface area (Å²) in [5, 5.41) is 0. The molecular weight excluding hydrogens is 648 g/mol. The molecule has 0 aliphatic rings. The summed E-state index contributed by atoms with van der Waals surface area (Å²) in [6.45, 7) is 12.6. The number of ether oxygens (including phenoxy) is 8. The fourth-order valence-electron chi connectivity index (χ4n) is 5.69. The number of hydrogen-bond acceptors (Lipinski definition) is 9. The quantitative estimate of drug-likeness (QED) is 0.0448. The highest BCUT2D eigenvalue weighted by atomic mass is 16.6. The van der Waals surface area contributed by atoms with Crippen LogP contribution in [0.25, 0.3) is 0 Å². The Morgan fingerprint density at radius 3 is 0.824 bits per heavy atom. The van der Waals surface area contributed by atoms with E-state index < -0.39 is 0 Å². The van der Waals surface area contributed by atoms with E-state index in [-0.39, 0.29) is 5.97 Å². The molecule has 0 spiro atoms. The second kappa shape index (κ2) is 47.2. The van der Waals surface area contributed by atoms with Crippen LogP contribution in [0.2, 0.25) is 0 Å². The number of esters is 1. The average molecular weight is 733 g/mol. The molecule has 0 aromatic rings. The maximum atomic E-state index is 11.9. The van der Waals surface area contributed by atoms with E-state index in [1.165, 1.54) is 128 Å². The van der Waals surface area contributed by atoms with Crippen LogP contribution in [0.4, 0.5) is 0 Å². The third-order valence-electron chi connectivity index (χ3n) is 8.85. The van der Waals surface area contributed by atoms with E-state index in [0.29, 0.717) is 98.9 Å². The van der Waals surface area contributed by atoms with Crippen molar-refractivity contribution in [1.29, 1.82) is 0 Å². The zero-order valence-corrected chi connectivity index (χ0v) is 33.8. The molecule has 0 aromatic heterocycles. The molecular formula is C42H84O9. The van der Waals surface area contributed by atoms with E-state index in [9.17, 15) is 4.79 Å². The molecule has 0 bridgehead atoms. The summed E-state index contributed by atoms with van der Waals surface area (Å²) in [7, 11) is 0. The Balaban J connectivity index is 3.12. The van der Waals surface area contributed by atoms with E-state index in [1.54, 1.807) is 0 Å². The molecule has 0 radical (unpaired) electrons. The van der Waals surface area contributed by atoms with Crippen molar-refractivity contribution in [3.63, 3.8) is 0 Å². The third-order valence-corrected chi connectivity index (χ3v) is 8.85. The van der Waals surface area contributed by atoms with Gasteiger partial charge < -0.3 is 37.9 Å². The van der Waals surface area contributed by atoms with Gasteiger partial charge >= 0.3 is 5.97 Å². The molecule has 306 valence electrons. The summed E-state index contributed by atoms with van der Waals surface area (Å²) in [6, 6.07) is 0. The SMILES string of the molecule is CCCCCCCCCCCCCCCC(=O)OCCOCCOCCOCCOCCOCCOCCOCCCCCCCCCCCC. The molecule has 0 fully saturated rings. The predicted molar refractivity (Wildman–Crippen MR) is 209 cm³/mol. The highest BCUT2D eigenvalue weighted by molar-refractivity contribution is 5.69. The molecule has 0 saturated heterocycles. The zero-order chi connectivity index (χ0) is 36.8. The van der Waals surface area contributed by atoms with Crippen molar-refractivity contribution in [3.05, 3.63) is 0 Å². The third kappa shape index (κ3) is 47.2. The Labute approximate surface area is 315 Å². The first-order valence-electron chi connectivity index (χ1n) is 21.5. The molecule has 0 rings (SSSR count). The molecule has 0 aliphatic carbocycles. The number of hydrogen-bond donors (Lipinski definition) is 0. The van der Waals surface area contributed by atoms with Crippen molar-refractivity contribution < 1.29 is 42.7 Å². The second-order valence-corrected chi connectivity index (χ2v) is 13.7. The Morgan fingerprint density at radius 2 is 0.510 bits per heavy atom. The molecule has 51 heavy (non-hydrogen) atoms. The van der Waals surface area contributed by atoms with Gasteiger partial charge in [0.15, 0.2) is 0 Å². The van der Waals surface area contributed by atoms with Gasteiger partial charge in [0.2, 0.25) is 0 Å². The van der Waals surface area contributed by atoms with Crippen LogP contribution in [0.15, 0.2) is 0 Å². The number of carbonyl (C=O) groups excluding carboxylic acids is 1. The van der Waals surface area contributed by atoms with E-state index in [0.717, 1.165) is 25.9 Å². The first-order valence-corrected chi connectivity index (χ1v) is 21.5. The van der Waals surface area contributed by atoms with Crippen LogP contribution in [0.1, 0.15) is 168 Å². The Kier molecular flexibility index (Phi) is 46.5. The molecule has 0 aromatic carbocycles. The lowest BCUT2D eigenvalue weighted by Gasteiger charge is -2.09. The molecule has 0 amide bonds. The highest BCUT2D eigenvalue weighted by Gasteiger charge is 2.03. The first-order chi connectivity index (χ1) is 25.3. The molecule has 0 saturated carbocycles. The van der Waals surface area contributed by atoms with Gasteiger partial charge in [-0.15, -0.1) is 0 Å². The molecule has 0 N–H and O–H groups in total. The lowest BCUT2D eigenvalue weighted by atomic mass is 10.0. The summed E-state index contributed by atoms with van der Waals surface area (Å²) < 4.78 is 44.0. The standard InChI is InChI=1S/C42H84O9/c1-3-5-7-9-11-13-15-16-17-18-20-22-24-26-42(43)51-41-40-50-39-38-49-37-36-48-35-34-47-33-32-46-31-30-45-29-28-44-27-25-23-21-19-14-12-10-8-6-4-2/h3-41H2,1-2H3. The number of rotatable bonds is 46. The smallest absolute Gasteiger partial charge is 0.305 e. The van der Waals surface area contributed by atoms with Crippen molar-refractivity contribution >= 4 is 5.97 Å². The van der Waals surface area contributed by atoms with Crippen molar-refractivity contribution in [2.75, 3.05) is 99.1 Å². The molecule has 0 heterocycles. The van der Waals surface area contributed by atoms with Gasteiger partial charge in [-0.1, -0.05) is 149 Å². The monoisotopic (exact) mass is 733 g/mol. The highest BCUT2D eigenvalue weighted by Crippen LogP contribution is 2.13. The second-order valence-electron chi connectivity index (χ2n) is 13.7. The van der Waals surface area contributed by atoms with E-state index in [4.69, 9.17) is 37.9 Å². The summed E-state index contributed by atoms with van der Waals surface area (Å²) in [6.07, 6.45) is 30.8. The van der Waals surface area contributed by atoms with Gasteiger partial charge in [-0.2, -0.15) is 0 Å². The van der Waals surface area contributed by atoms with Crippen molar-refractivity contribution in [2.45, 2.75) is 168 Å². The maximum absolute atomic E-state index is 11.9. The van der Waals surface area contributed by atoms with Gasteiger partial charge in [-0.3, -0.25) is 4.79 Å². The predicted octanol–water partition coefficient (Wildman–Crippen LogP) is 10.0. The van der Waals surface area contributed by atoms with Gasteiger partial charge in [-0.25, -0.2) is 0 Å². The van der Waals surface area contributed by atoms with Crippen LogP contribution in [-0.2, 0) is 42.7 Å². The minimum Gasteiger partial charge on any atom is -0.463 e. The molecule has 9 nitrogen and oxygen atoms in total. The topological polar surface area (TPSA) is 90.9 Å². The summed E-state index contributed by atoms with van der Waals surface area (Å²) in [4.78, 5) is 11.9. The van der Waals surface area contributed by atoms with Crippen molar-refractivity contribution in [1.82, 2.24) is 0 Å². The van der Waals surface area contributed by atoms with Crippen molar-refractivity contribution in [2.24, 2.45) is 0 Å². The first kappa shape index (κ1) is 50.2. The maximum Gasteiger partial charge on any atom is 0.305 e. The Morgan fingerprint density at radius 1 is 0.275 bits per heavy atom. The summed E-state index contributed by atoms with van der Waals surface area (Å²) in [5.41, 5.74) is 0. The molecule has 0 unspecified atom stereocenters. The minimum atomic E-state index is -0.123. The van der Waals surface area contributed by atoms with E-state index in [2.05, 4.69) is 13.8 Å². The van der Waals surface area contributed by atoms with Gasteiger partial charge in [0.25, 0.3) is 0 Å². The Bertz CT molecular complexity index is 637. The van der Waals surface area contributed by atoms with Crippen LogP contribution in [0.3, 0.4) is 0 Å². The van der Waals surface area contributed by atoms with Crippen LogP contribution < -0.4 is 0 Å². The van der Waals surface area contributed by atoms with Gasteiger partial charge in [0.05, 0.1) is 85.9 Å². The largest absolute Gasteiger partial charge is 0.463 e. The summed E-state index contributed by atoms with van der Waals surface area (Å²) >= 11 is 0. The van der Waals surface area contributed by atoms with Crippen LogP contribution >= 0.6 is 0 Å². The Hall–Kier alpha value is -0.810. The fraction of sp³-hybridized carbons (Fsp3) is 0.976. The molecule has 0 atom stereocenters. The van der Waals surface area contributed by atoms with Gasteiger partial charge in [0, 0.05) is 13.0 Å². The summed E-state index contributed by atoms with van der Waals surface area (Å²) in [5.74, 6) is -0.123. The molecule has 9 heteroatoms.